The maximum atomic E-state index is 11.3. The van der Waals surface area contributed by atoms with Crippen molar-refractivity contribution in [1.82, 2.24) is 5.32 Å². The molecule has 3 heteroatoms. The molecule has 0 aromatic heterocycles. The summed E-state index contributed by atoms with van der Waals surface area (Å²) in [6, 6.07) is 7.84. The third kappa shape index (κ3) is 4.19. The van der Waals surface area contributed by atoms with E-state index in [2.05, 4.69) is 38.2 Å². The summed E-state index contributed by atoms with van der Waals surface area (Å²) in [6.07, 6.45) is 0. The summed E-state index contributed by atoms with van der Waals surface area (Å²) >= 11 is 0. The van der Waals surface area contributed by atoms with Gasteiger partial charge in [-0.1, -0.05) is 45.0 Å². The highest BCUT2D eigenvalue weighted by molar-refractivity contribution is 5.80. The highest BCUT2D eigenvalue weighted by atomic mass is 16.2. The van der Waals surface area contributed by atoms with Gasteiger partial charge in [-0.3, -0.25) is 4.79 Å². The average molecular weight is 234 g/mol. The molecule has 94 valence electrons. The maximum absolute atomic E-state index is 11.3. The minimum atomic E-state index is -0.455. The topological polar surface area (TPSA) is 55.1 Å². The molecule has 0 saturated heterocycles. The lowest BCUT2D eigenvalue weighted by molar-refractivity contribution is -0.122. The molecule has 0 aliphatic heterocycles. The van der Waals surface area contributed by atoms with E-state index in [1.165, 1.54) is 5.56 Å². The number of carbonyl (C=O) groups is 1. The van der Waals surface area contributed by atoms with Gasteiger partial charge in [-0.2, -0.15) is 0 Å². The molecule has 0 bridgehead atoms. The number of hydrogen-bond donors (Lipinski definition) is 2. The Bertz CT molecular complexity index is 374. The van der Waals surface area contributed by atoms with E-state index in [9.17, 15) is 4.79 Å². The second-order valence-corrected chi connectivity index (χ2v) is 5.45. The number of nitrogens with one attached hydrogen (secondary N) is 1. The molecule has 1 rings (SSSR count). The number of benzene rings is 1. The van der Waals surface area contributed by atoms with Gasteiger partial charge >= 0.3 is 0 Å². The van der Waals surface area contributed by atoms with Crippen molar-refractivity contribution < 1.29 is 4.79 Å². The minimum absolute atomic E-state index is 0.120. The first kappa shape index (κ1) is 13.7. The monoisotopic (exact) mass is 234 g/mol. The Kier molecular flexibility index (Phi) is 4.29. The van der Waals surface area contributed by atoms with Gasteiger partial charge in [-0.15, -0.1) is 0 Å². The number of carbonyl (C=O) groups excluding carboxylic acids is 1. The van der Waals surface area contributed by atoms with E-state index in [1.807, 2.05) is 12.1 Å². The molecule has 0 spiro atoms. The highest BCUT2D eigenvalue weighted by Crippen LogP contribution is 2.22. The van der Waals surface area contributed by atoms with Crippen LogP contribution in [0, 0.1) is 0 Å². The van der Waals surface area contributed by atoms with E-state index in [1.54, 1.807) is 6.92 Å². The fourth-order valence-corrected chi connectivity index (χ4v) is 1.47. The normalized spacial score (nSPS) is 13.2. The lowest BCUT2D eigenvalue weighted by Gasteiger charge is -2.19. The van der Waals surface area contributed by atoms with Crippen molar-refractivity contribution in [1.29, 1.82) is 0 Å². The second kappa shape index (κ2) is 5.32. The van der Waals surface area contributed by atoms with Crippen LogP contribution in [0.5, 0.6) is 0 Å². The first-order valence-corrected chi connectivity index (χ1v) is 5.93. The lowest BCUT2D eigenvalue weighted by atomic mass is 9.87. The Hall–Kier alpha value is -1.35. The van der Waals surface area contributed by atoms with Crippen molar-refractivity contribution >= 4 is 5.91 Å². The highest BCUT2D eigenvalue weighted by Gasteiger charge is 2.13. The fourth-order valence-electron chi connectivity index (χ4n) is 1.47. The van der Waals surface area contributed by atoms with Crippen molar-refractivity contribution in [3.8, 4) is 0 Å². The van der Waals surface area contributed by atoms with E-state index in [-0.39, 0.29) is 11.3 Å². The van der Waals surface area contributed by atoms with Crippen molar-refractivity contribution in [2.75, 3.05) is 0 Å². The average Bonchev–Trinajstić information content (AvgIpc) is 2.25. The van der Waals surface area contributed by atoms with Gasteiger partial charge in [0.1, 0.15) is 0 Å². The molecule has 1 unspecified atom stereocenters. The van der Waals surface area contributed by atoms with Crippen LogP contribution in [-0.2, 0) is 16.8 Å². The molecule has 3 nitrogen and oxygen atoms in total. The lowest BCUT2D eigenvalue weighted by Crippen LogP contribution is -2.37. The predicted molar refractivity (Wildman–Crippen MR) is 70.6 cm³/mol. The van der Waals surface area contributed by atoms with Gasteiger partial charge in [0.05, 0.1) is 6.04 Å². The Balaban J connectivity index is 2.61. The number of amides is 1. The first-order chi connectivity index (χ1) is 7.80. The number of rotatable bonds is 3. The van der Waals surface area contributed by atoms with E-state index < -0.39 is 6.04 Å². The van der Waals surface area contributed by atoms with Crippen LogP contribution in [0.4, 0.5) is 0 Å². The van der Waals surface area contributed by atoms with Gasteiger partial charge < -0.3 is 11.1 Å². The number of hydrogen-bond acceptors (Lipinski definition) is 2. The summed E-state index contributed by atoms with van der Waals surface area (Å²) in [4.78, 5) is 11.3. The molecule has 0 heterocycles. The summed E-state index contributed by atoms with van der Waals surface area (Å²) in [5.74, 6) is -0.120. The zero-order chi connectivity index (χ0) is 13.1. The SMILES string of the molecule is CC(N)C(=O)NCc1ccc(C(C)(C)C)cc1. The summed E-state index contributed by atoms with van der Waals surface area (Å²) in [6.45, 7) is 8.75. The van der Waals surface area contributed by atoms with Gasteiger partial charge in [0.15, 0.2) is 0 Å². The molecule has 0 aliphatic carbocycles. The summed E-state index contributed by atoms with van der Waals surface area (Å²) < 4.78 is 0. The third-order valence-electron chi connectivity index (χ3n) is 2.70. The molecule has 0 fully saturated rings. The van der Waals surface area contributed by atoms with Crippen molar-refractivity contribution in [3.05, 3.63) is 35.4 Å². The smallest absolute Gasteiger partial charge is 0.236 e. The Morgan fingerprint density at radius 3 is 2.24 bits per heavy atom. The van der Waals surface area contributed by atoms with E-state index in [0.29, 0.717) is 6.54 Å². The van der Waals surface area contributed by atoms with Crippen LogP contribution in [0.1, 0.15) is 38.8 Å². The zero-order valence-corrected chi connectivity index (χ0v) is 11.1. The quantitative estimate of drug-likeness (QED) is 0.840. The van der Waals surface area contributed by atoms with Crippen LogP contribution < -0.4 is 11.1 Å². The van der Waals surface area contributed by atoms with Gasteiger partial charge in [-0.25, -0.2) is 0 Å². The van der Waals surface area contributed by atoms with E-state index in [0.717, 1.165) is 5.56 Å². The molecule has 0 radical (unpaired) electrons. The van der Waals surface area contributed by atoms with Crippen molar-refractivity contribution in [2.45, 2.75) is 45.7 Å². The maximum Gasteiger partial charge on any atom is 0.236 e. The van der Waals surface area contributed by atoms with E-state index >= 15 is 0 Å². The van der Waals surface area contributed by atoms with Crippen molar-refractivity contribution in [3.63, 3.8) is 0 Å². The first-order valence-electron chi connectivity index (χ1n) is 5.93. The summed E-state index contributed by atoms with van der Waals surface area (Å²) in [7, 11) is 0. The number of nitrogens with two attached hydrogens (primary N) is 1. The van der Waals surface area contributed by atoms with Crippen LogP contribution in [0.2, 0.25) is 0 Å². The molecule has 1 aromatic rings. The largest absolute Gasteiger partial charge is 0.351 e. The summed E-state index contributed by atoms with van der Waals surface area (Å²) in [5, 5.41) is 2.79. The van der Waals surface area contributed by atoms with Crippen LogP contribution in [0.25, 0.3) is 0 Å². The Morgan fingerprint density at radius 1 is 1.29 bits per heavy atom. The fraction of sp³-hybridized carbons (Fsp3) is 0.500. The predicted octanol–water partition coefficient (Wildman–Crippen LogP) is 1.95. The van der Waals surface area contributed by atoms with Gasteiger partial charge in [0.25, 0.3) is 0 Å². The van der Waals surface area contributed by atoms with Gasteiger partial charge in [0, 0.05) is 6.54 Å². The minimum Gasteiger partial charge on any atom is -0.351 e. The van der Waals surface area contributed by atoms with Crippen molar-refractivity contribution in [2.24, 2.45) is 5.73 Å². The molecule has 0 aliphatic rings. The molecule has 1 aromatic carbocycles. The Morgan fingerprint density at radius 2 is 1.82 bits per heavy atom. The zero-order valence-electron chi connectivity index (χ0n) is 11.1. The summed E-state index contributed by atoms with van der Waals surface area (Å²) in [5.41, 5.74) is 8.01. The van der Waals surface area contributed by atoms with Crippen LogP contribution in [0.3, 0.4) is 0 Å². The van der Waals surface area contributed by atoms with Crippen LogP contribution in [0.15, 0.2) is 24.3 Å². The molecular formula is C14H22N2O. The standard InChI is InChI=1S/C14H22N2O/c1-10(15)13(17)16-9-11-5-7-12(8-6-11)14(2,3)4/h5-8,10H,9,15H2,1-4H3,(H,16,17). The molecular weight excluding hydrogens is 212 g/mol. The molecule has 1 amide bonds. The van der Waals surface area contributed by atoms with Gasteiger partial charge in [-0.05, 0) is 23.5 Å². The third-order valence-corrected chi connectivity index (χ3v) is 2.70. The Labute approximate surface area is 103 Å². The molecule has 17 heavy (non-hydrogen) atoms. The van der Waals surface area contributed by atoms with Crippen LogP contribution >= 0.6 is 0 Å². The second-order valence-electron chi connectivity index (χ2n) is 5.45. The molecule has 1 atom stereocenters. The molecule has 0 saturated carbocycles. The van der Waals surface area contributed by atoms with Gasteiger partial charge in [0.2, 0.25) is 5.91 Å². The van der Waals surface area contributed by atoms with Crippen LogP contribution in [-0.4, -0.2) is 11.9 Å². The molecule has 3 N–H and O–H groups in total. The van der Waals surface area contributed by atoms with E-state index in [4.69, 9.17) is 5.73 Å².